The van der Waals surface area contributed by atoms with Gasteiger partial charge in [0, 0.05) is 24.8 Å². The molecule has 0 bridgehead atoms. The van der Waals surface area contributed by atoms with Crippen molar-refractivity contribution in [1.29, 1.82) is 5.26 Å². The fraction of sp³-hybridized carbons (Fsp3) is 0.407. The highest BCUT2D eigenvalue weighted by molar-refractivity contribution is 7.16. The molecule has 0 fully saturated rings. The highest BCUT2D eigenvalue weighted by atomic mass is 32.1. The van der Waals surface area contributed by atoms with Crippen LogP contribution in [0.3, 0.4) is 0 Å². The van der Waals surface area contributed by atoms with Crippen LogP contribution in [0.15, 0.2) is 30.3 Å². The molecule has 9 nitrogen and oxygen atoms in total. The molecule has 1 aromatic carbocycles. The largest absolute Gasteiger partial charge is 0.497 e. The van der Waals surface area contributed by atoms with Gasteiger partial charge >= 0.3 is 6.09 Å². The molecule has 2 N–H and O–H groups in total. The molecule has 2 unspecified atom stereocenters. The molecule has 1 aliphatic rings. The molecule has 0 radical (unpaired) electrons. The number of methoxy groups -OCH3 is 1. The number of fused-ring (bicyclic) bond motifs is 1. The number of carbonyl (C=O) groups excluding carboxylic acids is 2. The van der Waals surface area contributed by atoms with E-state index in [9.17, 15) is 14.9 Å². The monoisotopic (exact) mass is 521 g/mol. The van der Waals surface area contributed by atoms with Gasteiger partial charge in [-0.2, -0.15) is 10.4 Å². The number of aryl methyl sites for hydroxylation is 2. The molecular weight excluding hydrogens is 490 g/mol. The van der Waals surface area contributed by atoms with Crippen molar-refractivity contribution in [2.24, 2.45) is 7.05 Å². The summed E-state index contributed by atoms with van der Waals surface area (Å²) in [5.41, 5.74) is 4.23. The Morgan fingerprint density at radius 1 is 1.35 bits per heavy atom. The van der Waals surface area contributed by atoms with Gasteiger partial charge in [0.25, 0.3) is 0 Å². The van der Waals surface area contributed by atoms with Crippen molar-refractivity contribution < 1.29 is 19.1 Å². The van der Waals surface area contributed by atoms with Crippen molar-refractivity contribution in [2.45, 2.75) is 58.1 Å². The summed E-state index contributed by atoms with van der Waals surface area (Å²) in [5.74, 6) is 0.588. The number of rotatable bonds is 8. The Kier molecular flexibility index (Phi) is 8.14. The van der Waals surface area contributed by atoms with Crippen molar-refractivity contribution in [3.63, 3.8) is 0 Å². The quantitative estimate of drug-likeness (QED) is 0.448. The van der Waals surface area contributed by atoms with Gasteiger partial charge in [-0.05, 0) is 55.0 Å². The highest BCUT2D eigenvalue weighted by Crippen LogP contribution is 2.38. The van der Waals surface area contributed by atoms with Gasteiger partial charge in [-0.15, -0.1) is 11.3 Å². The molecule has 2 atom stereocenters. The van der Waals surface area contributed by atoms with E-state index in [4.69, 9.17) is 9.47 Å². The molecule has 1 aliphatic carbocycles. The van der Waals surface area contributed by atoms with Gasteiger partial charge in [0.1, 0.15) is 22.9 Å². The summed E-state index contributed by atoms with van der Waals surface area (Å²) in [5, 5.41) is 20.4. The van der Waals surface area contributed by atoms with Crippen LogP contribution in [0.25, 0.3) is 0 Å². The Morgan fingerprint density at radius 2 is 2.16 bits per heavy atom. The van der Waals surface area contributed by atoms with Gasteiger partial charge in [0.15, 0.2) is 0 Å². The number of nitrogens with zero attached hydrogens (tertiary/aromatic N) is 3. The van der Waals surface area contributed by atoms with E-state index in [0.717, 1.165) is 33.1 Å². The zero-order valence-electron chi connectivity index (χ0n) is 21.5. The second-order valence-electron chi connectivity index (χ2n) is 9.27. The van der Waals surface area contributed by atoms with Gasteiger partial charge in [0.05, 0.1) is 30.6 Å². The van der Waals surface area contributed by atoms with Crippen molar-refractivity contribution in [2.75, 3.05) is 12.4 Å². The second kappa shape index (κ2) is 11.5. The number of nitriles is 1. The average Bonchev–Trinajstić information content (AvgIpc) is 3.39. The van der Waals surface area contributed by atoms with Crippen LogP contribution < -0.4 is 15.4 Å². The molecule has 37 heavy (non-hydrogen) atoms. The summed E-state index contributed by atoms with van der Waals surface area (Å²) in [7, 11) is 3.45. The van der Waals surface area contributed by atoms with Crippen LogP contribution in [0.5, 0.6) is 5.75 Å². The topological polar surface area (TPSA) is 118 Å². The number of nitrogens with one attached hydrogen (secondary N) is 2. The Bertz CT molecular complexity index is 1340. The molecule has 0 aliphatic heterocycles. The molecule has 0 spiro atoms. The minimum Gasteiger partial charge on any atom is -0.497 e. The number of aromatic nitrogens is 2. The molecule has 0 saturated heterocycles. The summed E-state index contributed by atoms with van der Waals surface area (Å²) in [6.07, 6.45) is 1.26. The average molecular weight is 522 g/mol. The van der Waals surface area contributed by atoms with E-state index in [1.54, 1.807) is 11.8 Å². The molecule has 2 amide bonds. The van der Waals surface area contributed by atoms with Gasteiger partial charge < -0.3 is 20.1 Å². The Morgan fingerprint density at radius 3 is 2.86 bits per heavy atom. The lowest BCUT2D eigenvalue weighted by molar-refractivity contribution is -0.116. The van der Waals surface area contributed by atoms with Crippen LogP contribution in [0, 0.1) is 18.3 Å². The van der Waals surface area contributed by atoms with Gasteiger partial charge in [-0.3, -0.25) is 9.48 Å². The number of alkyl carbamates (subject to hydrolysis) is 1. The Balaban J connectivity index is 1.35. The standard InChI is InChI=1S/C27H31N5O4S/c1-16(18-6-5-7-20(12-18)35-4)10-25(33)30-26-23(14-28)22-9-8-21(13-24(22)37-26)36-27(34)29-15-19-11-17(2)31-32(19)3/h5-7,11-12,16,21H,8-10,13,15H2,1-4H3,(H,29,34)(H,30,33). The number of ether oxygens (including phenoxy) is 2. The third-order valence-corrected chi connectivity index (χ3v) is 7.70. The number of hydrogen-bond donors (Lipinski definition) is 2. The second-order valence-corrected chi connectivity index (χ2v) is 10.4. The molecule has 0 saturated carbocycles. The van der Waals surface area contributed by atoms with Gasteiger partial charge in [0.2, 0.25) is 5.91 Å². The van der Waals surface area contributed by atoms with Crippen molar-refractivity contribution in [3.8, 4) is 11.8 Å². The number of thiophene rings is 1. The summed E-state index contributed by atoms with van der Waals surface area (Å²) >= 11 is 1.39. The maximum absolute atomic E-state index is 12.8. The predicted molar refractivity (Wildman–Crippen MR) is 141 cm³/mol. The number of anilines is 1. The van der Waals surface area contributed by atoms with E-state index in [1.807, 2.05) is 51.2 Å². The first kappa shape index (κ1) is 26.2. The van der Waals surface area contributed by atoms with Crippen LogP contribution in [0.2, 0.25) is 0 Å². The van der Waals surface area contributed by atoms with E-state index >= 15 is 0 Å². The first-order chi connectivity index (χ1) is 17.8. The van der Waals surface area contributed by atoms with E-state index in [-0.39, 0.29) is 24.3 Å². The summed E-state index contributed by atoms with van der Waals surface area (Å²) in [6, 6.07) is 11.8. The molecule has 2 aromatic heterocycles. The maximum atomic E-state index is 12.8. The van der Waals surface area contributed by atoms with Crippen LogP contribution >= 0.6 is 11.3 Å². The summed E-state index contributed by atoms with van der Waals surface area (Å²) < 4.78 is 12.7. The van der Waals surface area contributed by atoms with E-state index in [1.165, 1.54) is 11.3 Å². The molecule has 3 aromatic rings. The fourth-order valence-corrected chi connectivity index (χ4v) is 5.85. The first-order valence-electron chi connectivity index (χ1n) is 12.2. The van der Waals surface area contributed by atoms with Crippen LogP contribution in [-0.2, 0) is 36.0 Å². The molecule has 4 rings (SSSR count). The van der Waals surface area contributed by atoms with Gasteiger partial charge in [-0.25, -0.2) is 4.79 Å². The number of benzene rings is 1. The highest BCUT2D eigenvalue weighted by Gasteiger charge is 2.28. The van der Waals surface area contributed by atoms with Crippen molar-refractivity contribution >= 4 is 28.3 Å². The SMILES string of the molecule is COc1cccc(C(C)CC(=O)Nc2sc3c(c2C#N)CCC(OC(=O)NCc2cc(C)nn2C)C3)c1. The third-order valence-electron chi connectivity index (χ3n) is 6.53. The lowest BCUT2D eigenvalue weighted by Crippen LogP contribution is -2.32. The van der Waals surface area contributed by atoms with Crippen molar-refractivity contribution in [1.82, 2.24) is 15.1 Å². The zero-order chi connectivity index (χ0) is 26.5. The van der Waals surface area contributed by atoms with Crippen molar-refractivity contribution in [3.05, 3.63) is 63.3 Å². The minimum absolute atomic E-state index is 0.0122. The molecular formula is C27H31N5O4S. The first-order valence-corrected chi connectivity index (χ1v) is 13.0. The third kappa shape index (κ3) is 6.30. The smallest absolute Gasteiger partial charge is 0.407 e. The minimum atomic E-state index is -0.482. The van der Waals surface area contributed by atoms with Gasteiger partial charge in [-0.1, -0.05) is 19.1 Å². The lowest BCUT2D eigenvalue weighted by atomic mass is 9.93. The van der Waals surface area contributed by atoms with E-state index in [2.05, 4.69) is 21.8 Å². The molecule has 2 heterocycles. The van der Waals surface area contributed by atoms with Crippen LogP contribution in [-0.4, -0.2) is 35.0 Å². The normalized spacial score (nSPS) is 15.3. The van der Waals surface area contributed by atoms with E-state index < -0.39 is 6.09 Å². The lowest BCUT2D eigenvalue weighted by Gasteiger charge is -2.22. The predicted octanol–water partition coefficient (Wildman–Crippen LogP) is 4.59. The van der Waals surface area contributed by atoms with Crippen LogP contribution in [0.4, 0.5) is 9.80 Å². The Hall–Kier alpha value is -3.84. The summed E-state index contributed by atoms with van der Waals surface area (Å²) in [4.78, 5) is 26.2. The molecule has 10 heteroatoms. The zero-order valence-corrected chi connectivity index (χ0v) is 22.3. The van der Waals surface area contributed by atoms with E-state index in [0.29, 0.717) is 36.4 Å². The number of carbonyl (C=O) groups is 2. The molecule has 194 valence electrons. The maximum Gasteiger partial charge on any atom is 0.407 e. The van der Waals surface area contributed by atoms with Crippen LogP contribution in [0.1, 0.15) is 58.6 Å². The number of hydrogen-bond acceptors (Lipinski definition) is 7. The number of amides is 2. The fourth-order valence-electron chi connectivity index (χ4n) is 4.57. The summed E-state index contributed by atoms with van der Waals surface area (Å²) in [6.45, 7) is 4.22. The Labute approximate surface area is 220 Å².